The van der Waals surface area contributed by atoms with Gasteiger partial charge in [0.05, 0.1) is 6.04 Å². The van der Waals surface area contributed by atoms with E-state index >= 15 is 0 Å². The summed E-state index contributed by atoms with van der Waals surface area (Å²) < 4.78 is 24.9. The molecule has 0 saturated heterocycles. The van der Waals surface area contributed by atoms with Gasteiger partial charge >= 0.3 is 29.8 Å². The zero-order chi connectivity index (χ0) is 21.1. The van der Waals surface area contributed by atoms with Gasteiger partial charge in [0.1, 0.15) is 13.2 Å². The summed E-state index contributed by atoms with van der Waals surface area (Å²) in [5.41, 5.74) is 5.92. The number of hydrogen-bond acceptors (Lipinski definition) is 11. The van der Waals surface area contributed by atoms with Crippen LogP contribution in [0, 0.1) is 0 Å². The normalized spacial score (nSPS) is 14.7. The first-order valence-corrected chi connectivity index (χ1v) is 7.98. The van der Waals surface area contributed by atoms with E-state index in [1.165, 1.54) is 0 Å². The maximum absolute atomic E-state index is 11.5. The number of rotatable bonds is 10. The second-order valence-electron chi connectivity index (χ2n) is 5.57. The molecular weight excluding hydrogens is 366 g/mol. The van der Waals surface area contributed by atoms with Crippen molar-refractivity contribution in [2.45, 2.75) is 59.0 Å². The molecule has 27 heavy (non-hydrogen) atoms. The molecule has 4 atom stereocenters. The summed E-state index contributed by atoms with van der Waals surface area (Å²) in [6, 6.07) is -1.13. The molecule has 2 N–H and O–H groups in total. The second kappa shape index (κ2) is 11.8. The number of esters is 5. The van der Waals surface area contributed by atoms with Gasteiger partial charge in [-0.1, -0.05) is 0 Å². The molecule has 0 aromatic heterocycles. The van der Waals surface area contributed by atoms with E-state index in [4.69, 9.17) is 29.4 Å². The SMILES string of the molecule is CC(=O)OC[C@H](N)[C@@H](OC(C)=O)[C@H](OC(C)=O)[C@@H](COC(C)=O)OC(C)=O. The molecule has 0 bridgehead atoms. The van der Waals surface area contributed by atoms with Gasteiger partial charge in [0.2, 0.25) is 0 Å². The Kier molecular flexibility index (Phi) is 10.7. The monoisotopic (exact) mass is 391 g/mol. The molecule has 0 rings (SSSR count). The van der Waals surface area contributed by atoms with E-state index in [0.717, 1.165) is 34.6 Å². The Balaban J connectivity index is 5.76. The third-order valence-corrected chi connectivity index (χ3v) is 2.96. The Morgan fingerprint density at radius 1 is 0.630 bits per heavy atom. The fourth-order valence-electron chi connectivity index (χ4n) is 2.05. The van der Waals surface area contributed by atoms with E-state index in [9.17, 15) is 24.0 Å². The van der Waals surface area contributed by atoms with Crippen molar-refractivity contribution in [1.29, 1.82) is 0 Å². The van der Waals surface area contributed by atoms with Crippen molar-refractivity contribution in [3.8, 4) is 0 Å². The molecule has 0 aliphatic carbocycles. The molecule has 0 aliphatic rings. The molecule has 11 heteroatoms. The smallest absolute Gasteiger partial charge is 0.303 e. The van der Waals surface area contributed by atoms with E-state index < -0.39 is 60.8 Å². The molecule has 0 fully saturated rings. The van der Waals surface area contributed by atoms with Crippen LogP contribution in [0.25, 0.3) is 0 Å². The van der Waals surface area contributed by atoms with Crippen LogP contribution in [-0.2, 0) is 47.7 Å². The first-order valence-electron chi connectivity index (χ1n) is 7.98. The molecule has 11 nitrogen and oxygen atoms in total. The molecule has 0 aromatic carbocycles. The standard InChI is InChI=1S/C16H25NO10/c1-8(18)23-6-13(17)15(26-11(4)21)16(27-12(5)22)14(25-10(3)20)7-24-9(2)19/h13-16H,6-7,17H2,1-5H3/t13-,14+,15+,16+/m0/s1. The van der Waals surface area contributed by atoms with Crippen molar-refractivity contribution in [2.75, 3.05) is 13.2 Å². The van der Waals surface area contributed by atoms with Crippen LogP contribution < -0.4 is 5.73 Å². The fraction of sp³-hybridized carbons (Fsp3) is 0.688. The molecule has 0 spiro atoms. The van der Waals surface area contributed by atoms with Crippen molar-refractivity contribution in [2.24, 2.45) is 5.73 Å². The predicted molar refractivity (Wildman–Crippen MR) is 87.9 cm³/mol. The maximum Gasteiger partial charge on any atom is 0.303 e. The molecule has 0 radical (unpaired) electrons. The Hall–Kier alpha value is -2.69. The second-order valence-corrected chi connectivity index (χ2v) is 5.57. The number of ether oxygens (including phenoxy) is 5. The minimum atomic E-state index is -1.42. The summed E-state index contributed by atoms with van der Waals surface area (Å²) in [4.78, 5) is 56.5. The summed E-state index contributed by atoms with van der Waals surface area (Å²) in [5, 5.41) is 0. The van der Waals surface area contributed by atoms with Crippen LogP contribution in [0.2, 0.25) is 0 Å². The largest absolute Gasteiger partial charge is 0.464 e. The molecule has 0 heterocycles. The quantitative estimate of drug-likeness (QED) is 0.368. The lowest BCUT2D eigenvalue weighted by atomic mass is 10.0. The molecule has 0 unspecified atom stereocenters. The van der Waals surface area contributed by atoms with Gasteiger partial charge in [-0.15, -0.1) is 0 Å². The average molecular weight is 391 g/mol. The van der Waals surface area contributed by atoms with Crippen molar-refractivity contribution < 1.29 is 47.7 Å². The van der Waals surface area contributed by atoms with Crippen LogP contribution in [0.5, 0.6) is 0 Å². The van der Waals surface area contributed by atoms with Gasteiger partial charge in [0.15, 0.2) is 18.3 Å². The molecular formula is C16H25NO10. The van der Waals surface area contributed by atoms with Gasteiger partial charge in [-0.3, -0.25) is 24.0 Å². The Morgan fingerprint density at radius 2 is 1.04 bits per heavy atom. The van der Waals surface area contributed by atoms with Crippen LogP contribution in [0.4, 0.5) is 0 Å². The van der Waals surface area contributed by atoms with Gasteiger partial charge in [0.25, 0.3) is 0 Å². The highest BCUT2D eigenvalue weighted by atomic mass is 16.6. The number of hydrogen-bond donors (Lipinski definition) is 1. The third kappa shape index (κ3) is 10.8. The van der Waals surface area contributed by atoms with Crippen molar-refractivity contribution in [3.05, 3.63) is 0 Å². The number of nitrogens with two attached hydrogens (primary N) is 1. The fourth-order valence-corrected chi connectivity index (χ4v) is 2.05. The summed E-state index contributed by atoms with van der Waals surface area (Å²) in [7, 11) is 0. The van der Waals surface area contributed by atoms with E-state index in [-0.39, 0.29) is 6.61 Å². The molecule has 0 aromatic rings. The van der Waals surface area contributed by atoms with Crippen LogP contribution >= 0.6 is 0 Å². The summed E-state index contributed by atoms with van der Waals surface area (Å²) in [6.07, 6.45) is -4.09. The summed E-state index contributed by atoms with van der Waals surface area (Å²) in [6.45, 7) is 4.68. The first-order chi connectivity index (χ1) is 12.4. The summed E-state index contributed by atoms with van der Waals surface area (Å²) >= 11 is 0. The zero-order valence-electron chi connectivity index (χ0n) is 15.9. The van der Waals surface area contributed by atoms with Crippen molar-refractivity contribution in [1.82, 2.24) is 0 Å². The van der Waals surface area contributed by atoms with E-state index in [2.05, 4.69) is 0 Å². The molecule has 0 aliphatic heterocycles. The van der Waals surface area contributed by atoms with E-state index in [1.54, 1.807) is 0 Å². The van der Waals surface area contributed by atoms with Crippen LogP contribution in [0.1, 0.15) is 34.6 Å². The lowest BCUT2D eigenvalue weighted by Crippen LogP contribution is -2.56. The molecule has 0 saturated carbocycles. The Morgan fingerprint density at radius 3 is 1.44 bits per heavy atom. The minimum Gasteiger partial charge on any atom is -0.464 e. The van der Waals surface area contributed by atoms with Crippen LogP contribution in [0.15, 0.2) is 0 Å². The first kappa shape index (κ1) is 24.3. The highest BCUT2D eigenvalue weighted by Crippen LogP contribution is 2.17. The van der Waals surface area contributed by atoms with Crippen molar-refractivity contribution in [3.63, 3.8) is 0 Å². The van der Waals surface area contributed by atoms with E-state index in [0.29, 0.717) is 0 Å². The van der Waals surface area contributed by atoms with Gasteiger partial charge in [0, 0.05) is 34.6 Å². The molecule has 154 valence electrons. The lowest BCUT2D eigenvalue weighted by Gasteiger charge is -2.34. The average Bonchev–Trinajstić information content (AvgIpc) is 2.51. The van der Waals surface area contributed by atoms with Crippen LogP contribution in [-0.4, -0.2) is 67.4 Å². The van der Waals surface area contributed by atoms with Gasteiger partial charge < -0.3 is 29.4 Å². The minimum absolute atomic E-state index is 0.370. The predicted octanol–water partition coefficient (Wildman–Crippen LogP) is -0.765. The van der Waals surface area contributed by atoms with Crippen LogP contribution in [0.3, 0.4) is 0 Å². The Labute approximate surface area is 156 Å². The van der Waals surface area contributed by atoms with Gasteiger partial charge in [-0.2, -0.15) is 0 Å². The third-order valence-electron chi connectivity index (χ3n) is 2.96. The lowest BCUT2D eigenvalue weighted by molar-refractivity contribution is -0.192. The summed E-state index contributed by atoms with van der Waals surface area (Å²) in [5.74, 6) is -3.64. The highest BCUT2D eigenvalue weighted by molar-refractivity contribution is 5.69. The maximum atomic E-state index is 11.5. The molecule has 0 amide bonds. The van der Waals surface area contributed by atoms with E-state index in [1.807, 2.05) is 0 Å². The highest BCUT2D eigenvalue weighted by Gasteiger charge is 2.41. The van der Waals surface area contributed by atoms with Gasteiger partial charge in [-0.25, -0.2) is 0 Å². The Bertz CT molecular complexity index is 561. The van der Waals surface area contributed by atoms with Crippen molar-refractivity contribution >= 4 is 29.8 Å². The zero-order valence-corrected chi connectivity index (χ0v) is 15.9. The number of carbonyl (C=O) groups excluding carboxylic acids is 5. The number of carbonyl (C=O) groups is 5. The van der Waals surface area contributed by atoms with Gasteiger partial charge in [-0.05, 0) is 0 Å². The topological polar surface area (TPSA) is 158 Å².